The molecule has 0 radical (unpaired) electrons. The van der Waals surface area contributed by atoms with Crippen molar-refractivity contribution < 1.29 is 19.6 Å². The Morgan fingerprint density at radius 3 is 2.00 bits per heavy atom. The van der Waals surface area contributed by atoms with Crippen LogP contribution in [0.4, 0.5) is 5.69 Å². The molecule has 2 aromatic carbocycles. The minimum Gasteiger partial charge on any atom is -0.339 e. The molecular weight excluding hydrogens is 410 g/mol. The monoisotopic (exact) mass is 439 g/mol. The van der Waals surface area contributed by atoms with E-state index in [4.69, 9.17) is 16.7 Å². The fraction of sp³-hybridized carbons (Fsp3) is 0.261. The van der Waals surface area contributed by atoms with Gasteiger partial charge in [0.2, 0.25) is 5.91 Å². The van der Waals surface area contributed by atoms with Crippen LogP contribution >= 0.6 is 0 Å². The topological polar surface area (TPSA) is 160 Å². The molecule has 0 unspecified atom stereocenters. The first-order valence-electron chi connectivity index (χ1n) is 9.63. The largest absolute Gasteiger partial charge is 0.339 e. The number of hydrogen-bond donors (Lipinski definition) is 6. The Hall–Kier alpha value is -3.71. The molecule has 9 nitrogen and oxygen atoms in total. The van der Waals surface area contributed by atoms with Gasteiger partial charge in [0, 0.05) is 35.3 Å². The van der Waals surface area contributed by atoms with E-state index in [-0.39, 0.29) is 19.9 Å². The summed E-state index contributed by atoms with van der Waals surface area (Å²) < 4.78 is 0. The summed E-state index contributed by atoms with van der Waals surface area (Å²) in [5.74, 6) is 4.64. The Bertz CT molecular complexity index is 963. The molecule has 9 heteroatoms. The summed E-state index contributed by atoms with van der Waals surface area (Å²) in [6, 6.07) is 12.6. The quantitative estimate of drug-likeness (QED) is 0.204. The molecule has 1 atom stereocenters. The molecule has 0 spiro atoms. The van der Waals surface area contributed by atoms with Gasteiger partial charge in [-0.25, -0.2) is 5.48 Å². The van der Waals surface area contributed by atoms with Crippen LogP contribution in [0.1, 0.15) is 41.8 Å². The zero-order valence-electron chi connectivity index (χ0n) is 16.9. The van der Waals surface area contributed by atoms with Crippen LogP contribution in [0.5, 0.6) is 0 Å². The predicted octanol–water partition coefficient (Wildman–Crippen LogP) is 0.962. The smallest absolute Gasteiger partial charge is 0.267 e. The Labute approximate surface area is 187 Å². The molecule has 3 amide bonds. The van der Waals surface area contributed by atoms with Crippen LogP contribution < -0.4 is 27.6 Å². The highest BCUT2D eigenvalue weighted by molar-refractivity contribution is 5.97. The van der Waals surface area contributed by atoms with Crippen LogP contribution in [0.25, 0.3) is 0 Å². The Morgan fingerprint density at radius 2 is 1.50 bits per heavy atom. The summed E-state index contributed by atoms with van der Waals surface area (Å²) in [5.41, 5.74) is 14.7. The summed E-state index contributed by atoms with van der Waals surface area (Å²) in [6.45, 7) is 0.320. The summed E-state index contributed by atoms with van der Waals surface area (Å²) in [7, 11) is 0. The third-order valence-corrected chi connectivity index (χ3v) is 4.24. The van der Waals surface area contributed by atoms with E-state index >= 15 is 0 Å². The standard InChI is InChI=1S/C22H25N5O4.CH4/c23-13-1-2-20(28)25-18-11-7-16(8-12-18)4-3-15-5-9-17(10-6-15)21(29)26-19(14-24)22(30)27-31;/h5-12,19,31H,1-2,13-14,23-24H2,(H,25,28)(H,26,29)(H,27,30);1H4/t19-;/m0./s1. The van der Waals surface area contributed by atoms with E-state index in [2.05, 4.69) is 22.5 Å². The van der Waals surface area contributed by atoms with Gasteiger partial charge in [-0.1, -0.05) is 19.3 Å². The van der Waals surface area contributed by atoms with Crippen molar-refractivity contribution in [3.63, 3.8) is 0 Å². The van der Waals surface area contributed by atoms with Gasteiger partial charge >= 0.3 is 0 Å². The number of nitrogens with two attached hydrogens (primary N) is 2. The Kier molecular flexibility index (Phi) is 11.2. The van der Waals surface area contributed by atoms with Crippen molar-refractivity contribution in [3.05, 3.63) is 65.2 Å². The van der Waals surface area contributed by atoms with Crippen molar-refractivity contribution >= 4 is 23.4 Å². The SMILES string of the molecule is C.NCCCC(=O)Nc1ccc(C#Cc2ccc(C(=O)N[C@@H](CN)C(=O)NO)cc2)cc1. The van der Waals surface area contributed by atoms with Crippen LogP contribution in [0.2, 0.25) is 0 Å². The van der Waals surface area contributed by atoms with Crippen LogP contribution in [0, 0.1) is 11.8 Å². The fourth-order valence-corrected chi connectivity index (χ4v) is 2.52. The number of nitrogens with one attached hydrogen (secondary N) is 3. The van der Waals surface area contributed by atoms with Gasteiger partial charge in [0.05, 0.1) is 0 Å². The number of rotatable bonds is 8. The lowest BCUT2D eigenvalue weighted by Gasteiger charge is -2.14. The molecule has 32 heavy (non-hydrogen) atoms. The zero-order valence-corrected chi connectivity index (χ0v) is 16.9. The van der Waals surface area contributed by atoms with Gasteiger partial charge in [0.25, 0.3) is 11.8 Å². The van der Waals surface area contributed by atoms with Crippen LogP contribution in [0.3, 0.4) is 0 Å². The van der Waals surface area contributed by atoms with E-state index in [0.717, 1.165) is 5.56 Å². The normalized spacial score (nSPS) is 10.6. The molecule has 0 saturated carbocycles. The molecule has 0 fully saturated rings. The minimum absolute atomic E-state index is 0. The number of hydroxylamine groups is 1. The van der Waals surface area contributed by atoms with Gasteiger partial charge in [-0.2, -0.15) is 0 Å². The maximum Gasteiger partial charge on any atom is 0.267 e. The van der Waals surface area contributed by atoms with Crippen LogP contribution in [-0.2, 0) is 9.59 Å². The molecule has 8 N–H and O–H groups in total. The Morgan fingerprint density at radius 1 is 0.938 bits per heavy atom. The second kappa shape index (κ2) is 13.6. The van der Waals surface area contributed by atoms with E-state index in [9.17, 15) is 14.4 Å². The van der Waals surface area contributed by atoms with E-state index < -0.39 is 17.9 Å². The molecule has 170 valence electrons. The van der Waals surface area contributed by atoms with Crippen LogP contribution in [0.15, 0.2) is 48.5 Å². The molecule has 2 rings (SSSR count). The first-order valence-corrected chi connectivity index (χ1v) is 9.63. The predicted molar refractivity (Wildman–Crippen MR) is 123 cm³/mol. The number of anilines is 1. The number of amides is 3. The van der Waals surface area contributed by atoms with Gasteiger partial charge in [0.15, 0.2) is 0 Å². The van der Waals surface area contributed by atoms with Gasteiger partial charge in [0.1, 0.15) is 6.04 Å². The molecule has 0 aromatic heterocycles. The van der Waals surface area contributed by atoms with Crippen molar-refractivity contribution in [1.82, 2.24) is 10.8 Å². The molecule has 0 aliphatic rings. The molecule has 0 aliphatic carbocycles. The number of benzene rings is 2. The van der Waals surface area contributed by atoms with E-state index in [0.29, 0.717) is 36.2 Å². The lowest BCUT2D eigenvalue weighted by molar-refractivity contribution is -0.130. The van der Waals surface area contributed by atoms with Crippen LogP contribution in [-0.4, -0.2) is 42.1 Å². The molecule has 0 bridgehead atoms. The maximum atomic E-state index is 12.2. The summed E-state index contributed by atoms with van der Waals surface area (Å²) in [6.07, 6.45) is 1.02. The Balaban J connectivity index is 0.00000512. The average Bonchev–Trinajstić information content (AvgIpc) is 2.80. The second-order valence-electron chi connectivity index (χ2n) is 6.58. The molecule has 0 aliphatic heterocycles. The van der Waals surface area contributed by atoms with E-state index in [1.807, 2.05) is 0 Å². The molecular formula is C23H29N5O4. The van der Waals surface area contributed by atoms with Gasteiger partial charge in [-0.3, -0.25) is 19.6 Å². The first kappa shape index (κ1) is 26.3. The minimum atomic E-state index is -1.04. The van der Waals surface area contributed by atoms with Crippen molar-refractivity contribution in [3.8, 4) is 11.8 Å². The number of carbonyl (C=O) groups excluding carboxylic acids is 3. The fourth-order valence-electron chi connectivity index (χ4n) is 2.52. The molecule has 0 heterocycles. The summed E-state index contributed by atoms with van der Waals surface area (Å²) in [4.78, 5) is 35.3. The third-order valence-electron chi connectivity index (χ3n) is 4.24. The van der Waals surface area contributed by atoms with Crippen molar-refractivity contribution in [1.29, 1.82) is 0 Å². The molecule has 0 saturated heterocycles. The highest BCUT2D eigenvalue weighted by atomic mass is 16.5. The molecule has 2 aromatic rings. The maximum absolute atomic E-state index is 12.2. The van der Waals surface area contributed by atoms with Gasteiger partial charge in [-0.05, 0) is 61.5 Å². The van der Waals surface area contributed by atoms with Gasteiger partial charge < -0.3 is 22.1 Å². The van der Waals surface area contributed by atoms with Crippen molar-refractivity contribution in [2.75, 3.05) is 18.4 Å². The number of hydrogen-bond acceptors (Lipinski definition) is 6. The average molecular weight is 440 g/mol. The van der Waals surface area contributed by atoms with Crippen molar-refractivity contribution in [2.45, 2.75) is 26.3 Å². The van der Waals surface area contributed by atoms with Gasteiger partial charge in [-0.15, -0.1) is 0 Å². The highest BCUT2D eigenvalue weighted by Gasteiger charge is 2.19. The third kappa shape index (κ3) is 8.20. The zero-order chi connectivity index (χ0) is 22.6. The lowest BCUT2D eigenvalue weighted by Crippen LogP contribution is -2.50. The second-order valence-corrected chi connectivity index (χ2v) is 6.58. The first-order chi connectivity index (χ1) is 15.0. The lowest BCUT2D eigenvalue weighted by atomic mass is 10.1. The van der Waals surface area contributed by atoms with Crippen molar-refractivity contribution in [2.24, 2.45) is 11.5 Å². The highest BCUT2D eigenvalue weighted by Crippen LogP contribution is 2.10. The number of carbonyl (C=O) groups is 3. The summed E-state index contributed by atoms with van der Waals surface area (Å²) in [5, 5.41) is 13.9. The summed E-state index contributed by atoms with van der Waals surface area (Å²) >= 11 is 0. The van der Waals surface area contributed by atoms with E-state index in [1.54, 1.807) is 48.5 Å². The van der Waals surface area contributed by atoms with E-state index in [1.165, 1.54) is 5.48 Å².